The Labute approximate surface area is 84.3 Å². The lowest BCUT2D eigenvalue weighted by atomic mass is 9.88. The van der Waals surface area contributed by atoms with E-state index in [-0.39, 0.29) is 5.41 Å². The largest absolute Gasteiger partial charge is 0.382 e. The maximum absolute atomic E-state index is 8.50. The van der Waals surface area contributed by atoms with Crippen molar-refractivity contribution < 1.29 is 0 Å². The summed E-state index contributed by atoms with van der Waals surface area (Å²) >= 11 is 0. The molecule has 0 radical (unpaired) electrons. The van der Waals surface area contributed by atoms with E-state index in [1.54, 1.807) is 6.20 Å². The molecule has 4 nitrogen and oxygen atoms in total. The molecule has 0 atom stereocenters. The van der Waals surface area contributed by atoms with Crippen LogP contribution in [0.1, 0.15) is 26.7 Å². The van der Waals surface area contributed by atoms with E-state index in [2.05, 4.69) is 35.4 Å². The third kappa shape index (κ3) is 3.48. The zero-order valence-corrected chi connectivity index (χ0v) is 8.67. The van der Waals surface area contributed by atoms with Crippen molar-refractivity contribution in [2.24, 2.45) is 5.41 Å². The topological polar surface area (TPSA) is 64.5 Å². The van der Waals surface area contributed by atoms with Crippen LogP contribution in [0.2, 0.25) is 0 Å². The van der Waals surface area contributed by atoms with E-state index in [0.29, 0.717) is 6.42 Å². The molecule has 0 aliphatic carbocycles. The first-order valence-electron chi connectivity index (χ1n) is 4.74. The lowest BCUT2D eigenvalue weighted by Gasteiger charge is -2.23. The first kappa shape index (κ1) is 10.6. The first-order valence-corrected chi connectivity index (χ1v) is 4.74. The summed E-state index contributed by atoms with van der Waals surface area (Å²) in [6.07, 6.45) is 5.09. The minimum absolute atomic E-state index is 0.146. The van der Waals surface area contributed by atoms with Crippen LogP contribution in [0, 0.1) is 16.7 Å². The van der Waals surface area contributed by atoms with Crippen LogP contribution in [0.5, 0.6) is 0 Å². The molecule has 0 saturated carbocycles. The van der Waals surface area contributed by atoms with Crippen LogP contribution in [-0.4, -0.2) is 16.7 Å². The molecular weight excluding hydrogens is 176 g/mol. The molecule has 4 heteroatoms. The molecule has 76 valence electrons. The predicted molar refractivity (Wildman–Crippen MR) is 55.7 cm³/mol. The highest BCUT2D eigenvalue weighted by molar-refractivity contribution is 5.37. The summed E-state index contributed by atoms with van der Waals surface area (Å²) in [6, 6.07) is 2.17. The van der Waals surface area contributed by atoms with Crippen molar-refractivity contribution in [3.63, 3.8) is 0 Å². The van der Waals surface area contributed by atoms with E-state index in [9.17, 15) is 0 Å². The summed E-state index contributed by atoms with van der Waals surface area (Å²) in [6.45, 7) is 5.16. The van der Waals surface area contributed by atoms with Gasteiger partial charge < -0.3 is 5.32 Å². The molecule has 0 fully saturated rings. The summed E-state index contributed by atoms with van der Waals surface area (Å²) in [7, 11) is 0. The fraction of sp³-hybridized carbons (Fsp3) is 0.600. The molecule has 0 bridgehead atoms. The molecule has 0 unspecified atom stereocenters. The fourth-order valence-electron chi connectivity index (χ4n) is 1.17. The van der Waals surface area contributed by atoms with Gasteiger partial charge >= 0.3 is 0 Å². The number of aromatic nitrogens is 2. The van der Waals surface area contributed by atoms with E-state index in [4.69, 9.17) is 5.26 Å². The zero-order valence-electron chi connectivity index (χ0n) is 8.67. The number of nitrogens with zero attached hydrogens (tertiary/aromatic N) is 2. The Balaban J connectivity index is 2.33. The van der Waals surface area contributed by atoms with Crippen LogP contribution >= 0.6 is 0 Å². The highest BCUT2D eigenvalue weighted by Gasteiger charge is 2.16. The molecule has 0 aliphatic rings. The summed E-state index contributed by atoms with van der Waals surface area (Å²) in [5.41, 5.74) is 1.14. The Morgan fingerprint density at radius 2 is 2.43 bits per heavy atom. The molecule has 1 heterocycles. The maximum Gasteiger partial charge on any atom is 0.0723 e. The second-order valence-corrected chi connectivity index (χ2v) is 4.16. The monoisotopic (exact) mass is 192 g/mol. The maximum atomic E-state index is 8.50. The van der Waals surface area contributed by atoms with Crippen molar-refractivity contribution >= 4 is 5.69 Å². The van der Waals surface area contributed by atoms with E-state index >= 15 is 0 Å². The van der Waals surface area contributed by atoms with Crippen LogP contribution < -0.4 is 5.32 Å². The molecule has 0 spiro atoms. The third-order valence-corrected chi connectivity index (χ3v) is 2.18. The smallest absolute Gasteiger partial charge is 0.0723 e. The molecule has 2 N–H and O–H groups in total. The fourth-order valence-corrected chi connectivity index (χ4v) is 1.17. The van der Waals surface area contributed by atoms with Gasteiger partial charge in [0.1, 0.15) is 0 Å². The quantitative estimate of drug-likeness (QED) is 0.751. The molecule has 0 amide bonds. The average Bonchev–Trinajstić information content (AvgIpc) is 2.64. The van der Waals surface area contributed by atoms with Gasteiger partial charge in [0.25, 0.3) is 0 Å². The van der Waals surface area contributed by atoms with Gasteiger partial charge in [0.2, 0.25) is 0 Å². The number of aromatic amines is 1. The molecule has 1 rings (SSSR count). The van der Waals surface area contributed by atoms with E-state index in [1.807, 2.05) is 6.20 Å². The van der Waals surface area contributed by atoms with E-state index < -0.39 is 0 Å². The second kappa shape index (κ2) is 4.66. The number of hydrogen-bond acceptors (Lipinski definition) is 3. The number of anilines is 1. The molecule has 0 aromatic carbocycles. The van der Waals surface area contributed by atoms with Crippen molar-refractivity contribution in [3.05, 3.63) is 12.4 Å². The van der Waals surface area contributed by atoms with Crippen LogP contribution in [0.15, 0.2) is 12.4 Å². The summed E-state index contributed by atoms with van der Waals surface area (Å²) in [4.78, 5) is 0. The van der Waals surface area contributed by atoms with Gasteiger partial charge in [-0.05, 0) is 11.8 Å². The second-order valence-electron chi connectivity index (χ2n) is 4.16. The van der Waals surface area contributed by atoms with Crippen LogP contribution in [-0.2, 0) is 0 Å². The van der Waals surface area contributed by atoms with Crippen LogP contribution in [0.4, 0.5) is 5.69 Å². The number of nitriles is 1. The SMILES string of the molecule is CC(C)(CCC#N)CNc1cn[nH]c1. The molecule has 0 saturated heterocycles. The molecule has 14 heavy (non-hydrogen) atoms. The zero-order chi connectivity index (χ0) is 10.4. The van der Waals surface area contributed by atoms with Crippen LogP contribution in [0.25, 0.3) is 0 Å². The lowest BCUT2D eigenvalue weighted by molar-refractivity contribution is 0.364. The minimum Gasteiger partial charge on any atom is -0.382 e. The summed E-state index contributed by atoms with van der Waals surface area (Å²) in [5, 5.41) is 18.4. The van der Waals surface area contributed by atoms with E-state index in [1.165, 1.54) is 0 Å². The highest BCUT2D eigenvalue weighted by atomic mass is 15.1. The van der Waals surface area contributed by atoms with Crippen molar-refractivity contribution in [1.29, 1.82) is 5.26 Å². The Kier molecular flexibility index (Phi) is 3.52. The van der Waals surface area contributed by atoms with Crippen molar-refractivity contribution in [3.8, 4) is 6.07 Å². The van der Waals surface area contributed by atoms with Gasteiger partial charge in [-0.25, -0.2) is 0 Å². The average molecular weight is 192 g/mol. The van der Waals surface area contributed by atoms with Gasteiger partial charge in [-0.2, -0.15) is 10.4 Å². The first-order chi connectivity index (χ1) is 6.64. The van der Waals surface area contributed by atoms with Crippen molar-refractivity contribution in [2.75, 3.05) is 11.9 Å². The number of rotatable bonds is 5. The van der Waals surface area contributed by atoms with Crippen molar-refractivity contribution in [1.82, 2.24) is 10.2 Å². The normalized spacial score (nSPS) is 10.9. The minimum atomic E-state index is 0.146. The number of nitrogens with one attached hydrogen (secondary N) is 2. The van der Waals surface area contributed by atoms with Gasteiger partial charge in [0.15, 0.2) is 0 Å². The predicted octanol–water partition coefficient (Wildman–Crippen LogP) is 2.15. The molecule has 0 aliphatic heterocycles. The lowest BCUT2D eigenvalue weighted by Crippen LogP contribution is -2.22. The Bertz CT molecular complexity index is 294. The van der Waals surface area contributed by atoms with Gasteiger partial charge in [-0.1, -0.05) is 13.8 Å². The van der Waals surface area contributed by atoms with Gasteiger partial charge in [-0.3, -0.25) is 5.10 Å². The molecular formula is C10H16N4. The summed E-state index contributed by atoms with van der Waals surface area (Å²) in [5.74, 6) is 0. The standard InChI is InChI=1S/C10H16N4/c1-10(2,4-3-5-11)8-12-9-6-13-14-7-9/h6-7,12H,3-4,8H2,1-2H3,(H,13,14). The number of H-pyrrole nitrogens is 1. The third-order valence-electron chi connectivity index (χ3n) is 2.18. The molecule has 1 aromatic heterocycles. The Morgan fingerprint density at radius 3 is 3.00 bits per heavy atom. The molecule has 1 aromatic rings. The van der Waals surface area contributed by atoms with Gasteiger partial charge in [0.05, 0.1) is 18.0 Å². The van der Waals surface area contributed by atoms with E-state index in [0.717, 1.165) is 18.7 Å². The number of hydrogen-bond donors (Lipinski definition) is 2. The Hall–Kier alpha value is -1.50. The van der Waals surface area contributed by atoms with Gasteiger partial charge in [-0.15, -0.1) is 0 Å². The highest BCUT2D eigenvalue weighted by Crippen LogP contribution is 2.22. The summed E-state index contributed by atoms with van der Waals surface area (Å²) < 4.78 is 0. The van der Waals surface area contributed by atoms with Gasteiger partial charge in [0, 0.05) is 19.2 Å². The Morgan fingerprint density at radius 1 is 1.64 bits per heavy atom. The van der Waals surface area contributed by atoms with Crippen molar-refractivity contribution in [2.45, 2.75) is 26.7 Å². The van der Waals surface area contributed by atoms with Crippen LogP contribution in [0.3, 0.4) is 0 Å².